The number of carbonyl (C=O) groups excluding carboxylic acids is 1. The maximum atomic E-state index is 12.6. The molecule has 3 rings (SSSR count). The molecule has 2 saturated heterocycles. The zero-order valence-electron chi connectivity index (χ0n) is 21.5. The molecular formula is C26H44N2O5S2. The molecule has 4 unspecified atom stereocenters. The number of rotatable bonds is 13. The summed E-state index contributed by atoms with van der Waals surface area (Å²) in [4.78, 5) is 14.7. The average Bonchev–Trinajstić information content (AvgIpc) is 3.08. The maximum Gasteiger partial charge on any atom is 0.313 e. The predicted octanol–water partition coefficient (Wildman–Crippen LogP) is 4.28. The number of benzene rings is 1. The molecule has 2 bridgehead atoms. The molecule has 0 radical (unpaired) electrons. The highest BCUT2D eigenvalue weighted by Gasteiger charge is 2.51. The molecule has 1 N–H and O–H groups in total. The van der Waals surface area contributed by atoms with Crippen LogP contribution in [0.2, 0.25) is 0 Å². The molecule has 0 saturated carbocycles. The zero-order valence-corrected chi connectivity index (χ0v) is 23.2. The van der Waals surface area contributed by atoms with Crippen LogP contribution in [0.4, 0.5) is 0 Å². The van der Waals surface area contributed by atoms with Crippen LogP contribution in [0.25, 0.3) is 0 Å². The number of thiol groups is 1. The van der Waals surface area contributed by atoms with Crippen LogP contribution in [0.15, 0.2) is 35.2 Å². The van der Waals surface area contributed by atoms with Gasteiger partial charge in [-0.2, -0.15) is 21.0 Å². The van der Waals surface area contributed by atoms with Gasteiger partial charge in [-0.25, -0.2) is 0 Å². The van der Waals surface area contributed by atoms with Crippen molar-refractivity contribution < 1.29 is 22.1 Å². The topological polar surface area (TPSA) is 84.9 Å². The fourth-order valence-electron chi connectivity index (χ4n) is 4.99. The van der Waals surface area contributed by atoms with Crippen molar-refractivity contribution in [3.05, 3.63) is 30.3 Å². The summed E-state index contributed by atoms with van der Waals surface area (Å²) < 4.78 is 35.8. The third-order valence-electron chi connectivity index (χ3n) is 6.89. The first-order chi connectivity index (χ1) is 16.9. The predicted molar refractivity (Wildman–Crippen MR) is 143 cm³/mol. The number of hydrogen-bond donors (Lipinski definition) is 2. The normalized spacial score (nSPS) is 24.0. The van der Waals surface area contributed by atoms with Crippen LogP contribution in [-0.2, 0) is 23.8 Å². The van der Waals surface area contributed by atoms with Gasteiger partial charge in [0.05, 0.1) is 23.5 Å². The van der Waals surface area contributed by atoms with Crippen molar-refractivity contribution in [3.8, 4) is 0 Å². The second-order valence-corrected chi connectivity index (χ2v) is 11.3. The van der Waals surface area contributed by atoms with E-state index in [1.54, 1.807) is 25.1 Å². The van der Waals surface area contributed by atoms with Crippen molar-refractivity contribution in [1.82, 2.24) is 10.2 Å². The van der Waals surface area contributed by atoms with Gasteiger partial charge in [0, 0.05) is 12.1 Å². The summed E-state index contributed by atoms with van der Waals surface area (Å²) >= 11 is 4.17. The molecule has 1 aromatic carbocycles. The lowest BCUT2D eigenvalue weighted by Gasteiger charge is -2.40. The van der Waals surface area contributed by atoms with Crippen LogP contribution in [-0.4, -0.2) is 70.5 Å². The van der Waals surface area contributed by atoms with Gasteiger partial charge in [-0.05, 0) is 77.6 Å². The number of nitrogens with one attached hydrogen (secondary N) is 1. The second kappa shape index (κ2) is 15.9. The van der Waals surface area contributed by atoms with E-state index in [2.05, 4.69) is 22.8 Å². The molecule has 0 aromatic heterocycles. The Morgan fingerprint density at radius 3 is 2.37 bits per heavy atom. The summed E-state index contributed by atoms with van der Waals surface area (Å²) in [5, 5.41) is 3.16. The number of unbranched alkanes of at least 4 members (excludes halogenated alkanes) is 5. The zero-order chi connectivity index (χ0) is 25.7. The molecule has 0 spiro atoms. The monoisotopic (exact) mass is 528 g/mol. The highest BCUT2D eigenvalue weighted by atomic mass is 32.2. The van der Waals surface area contributed by atoms with Crippen molar-refractivity contribution in [3.63, 3.8) is 0 Å². The standard InChI is InChI=1S/C17H23NO5S.C9H21NS/c1-3-22-17(19)16-14-10-9-12(18(14)2)11-15(16)23-24(20,21)13-7-5-4-6-8-13;1-10-8-6-4-2-3-5-7-9-11/h4-8,12,14-16H,3,9-11H2,1-2H3;10-11H,2-9H2,1H3. The van der Waals surface area contributed by atoms with Gasteiger partial charge in [-0.3, -0.25) is 13.9 Å². The maximum absolute atomic E-state index is 12.6. The van der Waals surface area contributed by atoms with E-state index >= 15 is 0 Å². The third kappa shape index (κ3) is 9.35. The van der Waals surface area contributed by atoms with Gasteiger partial charge in [0.1, 0.15) is 0 Å². The van der Waals surface area contributed by atoms with E-state index in [0.29, 0.717) is 6.42 Å². The van der Waals surface area contributed by atoms with Crippen LogP contribution in [0.1, 0.15) is 64.7 Å². The van der Waals surface area contributed by atoms with E-state index in [0.717, 1.165) is 18.6 Å². The Hall–Kier alpha value is -1.13. The summed E-state index contributed by atoms with van der Waals surface area (Å²) in [6, 6.07) is 8.26. The Kier molecular flexibility index (Phi) is 13.6. The van der Waals surface area contributed by atoms with Gasteiger partial charge >= 0.3 is 5.97 Å². The molecule has 7 nitrogen and oxygen atoms in total. The molecule has 2 fully saturated rings. The highest BCUT2D eigenvalue weighted by Crippen LogP contribution is 2.41. The van der Waals surface area contributed by atoms with Crippen LogP contribution in [0, 0.1) is 5.92 Å². The molecule has 0 amide bonds. The number of piperidine rings is 1. The Morgan fingerprint density at radius 1 is 1.09 bits per heavy atom. The largest absolute Gasteiger partial charge is 0.466 e. The molecular weight excluding hydrogens is 484 g/mol. The van der Waals surface area contributed by atoms with E-state index in [-0.39, 0.29) is 29.6 Å². The summed E-state index contributed by atoms with van der Waals surface area (Å²) in [5.41, 5.74) is 0. The smallest absolute Gasteiger partial charge is 0.313 e. The van der Waals surface area contributed by atoms with Crippen LogP contribution in [0.3, 0.4) is 0 Å². The minimum atomic E-state index is -3.90. The number of ether oxygens (including phenoxy) is 1. The van der Waals surface area contributed by atoms with E-state index in [1.165, 1.54) is 57.2 Å². The van der Waals surface area contributed by atoms with Gasteiger partial charge in [-0.15, -0.1) is 0 Å². The summed E-state index contributed by atoms with van der Waals surface area (Å²) in [5.74, 6) is 0.103. The lowest BCUT2D eigenvalue weighted by atomic mass is 9.88. The van der Waals surface area contributed by atoms with Gasteiger partial charge in [0.25, 0.3) is 10.1 Å². The highest BCUT2D eigenvalue weighted by molar-refractivity contribution is 7.86. The van der Waals surface area contributed by atoms with Gasteiger partial charge in [0.2, 0.25) is 0 Å². The number of hydrogen-bond acceptors (Lipinski definition) is 8. The fourth-order valence-corrected chi connectivity index (χ4v) is 6.34. The molecule has 35 heavy (non-hydrogen) atoms. The minimum absolute atomic E-state index is 0.0289. The average molecular weight is 529 g/mol. The Labute approximate surface area is 217 Å². The number of fused-ring (bicyclic) bond motifs is 2. The first kappa shape index (κ1) is 30.1. The van der Waals surface area contributed by atoms with Gasteiger partial charge in [-0.1, -0.05) is 43.9 Å². The van der Waals surface area contributed by atoms with Crippen molar-refractivity contribution in [2.75, 3.05) is 33.0 Å². The molecule has 2 heterocycles. The molecule has 1 aromatic rings. The van der Waals surface area contributed by atoms with Crippen LogP contribution in [0.5, 0.6) is 0 Å². The lowest BCUT2D eigenvalue weighted by Crippen LogP contribution is -2.53. The number of esters is 1. The molecule has 2 aliphatic heterocycles. The molecule has 9 heteroatoms. The van der Waals surface area contributed by atoms with Gasteiger partial charge < -0.3 is 10.1 Å². The lowest BCUT2D eigenvalue weighted by molar-refractivity contribution is -0.156. The van der Waals surface area contributed by atoms with E-state index in [1.807, 2.05) is 14.1 Å². The Bertz CT molecular complexity index is 829. The summed E-state index contributed by atoms with van der Waals surface area (Å²) in [6.07, 6.45) is 9.80. The van der Waals surface area contributed by atoms with E-state index in [4.69, 9.17) is 8.92 Å². The Morgan fingerprint density at radius 2 is 1.74 bits per heavy atom. The van der Waals surface area contributed by atoms with Crippen LogP contribution < -0.4 is 5.32 Å². The quantitative estimate of drug-likeness (QED) is 0.171. The molecule has 0 aliphatic carbocycles. The van der Waals surface area contributed by atoms with Crippen molar-refractivity contribution in [2.24, 2.45) is 5.92 Å². The number of carbonyl (C=O) groups is 1. The fraction of sp³-hybridized carbons (Fsp3) is 0.731. The molecule has 200 valence electrons. The van der Waals surface area contributed by atoms with E-state index < -0.39 is 22.1 Å². The van der Waals surface area contributed by atoms with Crippen molar-refractivity contribution in [2.45, 2.75) is 87.8 Å². The van der Waals surface area contributed by atoms with E-state index in [9.17, 15) is 13.2 Å². The number of nitrogens with zero attached hydrogens (tertiary/aromatic N) is 1. The summed E-state index contributed by atoms with van der Waals surface area (Å²) in [7, 11) is 0.0933. The molecule has 4 atom stereocenters. The summed E-state index contributed by atoms with van der Waals surface area (Å²) in [6.45, 7) is 3.19. The SMILES string of the molecule is CCOC(=O)C1C(OS(=O)(=O)c2ccccc2)CC2CCC1N2C.CNCCCCCCCCS. The first-order valence-electron chi connectivity index (χ1n) is 13.0. The van der Waals surface area contributed by atoms with Gasteiger partial charge in [0.15, 0.2) is 0 Å². The first-order valence-corrected chi connectivity index (χ1v) is 15.0. The van der Waals surface area contributed by atoms with Crippen molar-refractivity contribution >= 4 is 28.7 Å². The minimum Gasteiger partial charge on any atom is -0.466 e. The second-order valence-electron chi connectivity index (χ2n) is 9.33. The Balaban J connectivity index is 0.000000334. The molecule has 2 aliphatic rings. The third-order valence-corrected chi connectivity index (χ3v) is 8.56. The van der Waals surface area contributed by atoms with Crippen LogP contribution >= 0.6 is 12.6 Å². The van der Waals surface area contributed by atoms with Crippen molar-refractivity contribution in [1.29, 1.82) is 0 Å².